The maximum absolute atomic E-state index is 12.7. The van der Waals surface area contributed by atoms with Gasteiger partial charge in [0, 0.05) is 43.0 Å². The summed E-state index contributed by atoms with van der Waals surface area (Å²) in [7, 11) is 0. The van der Waals surface area contributed by atoms with Gasteiger partial charge in [0.2, 0.25) is 0 Å². The van der Waals surface area contributed by atoms with Crippen molar-refractivity contribution >= 4 is 63.7 Å². The smallest absolute Gasteiger partial charge is 0.257 e. The molecule has 2 amide bonds. The number of piperazine rings is 1. The quantitative estimate of drug-likeness (QED) is 0.391. The average Bonchev–Trinajstić information content (AvgIpc) is 2.90. The van der Waals surface area contributed by atoms with Gasteiger partial charge in [0.25, 0.3) is 11.8 Å². The highest BCUT2D eigenvalue weighted by Crippen LogP contribution is 2.30. The lowest BCUT2D eigenvalue weighted by molar-refractivity contribution is 0.0746. The Kier molecular flexibility index (Phi) is 8.87. The van der Waals surface area contributed by atoms with Crippen LogP contribution in [0.5, 0.6) is 5.75 Å². The van der Waals surface area contributed by atoms with Gasteiger partial charge in [-0.2, -0.15) is 0 Å². The number of carbonyl (C=O) groups is 2. The fourth-order valence-electron chi connectivity index (χ4n) is 4.01. The number of thiocarbonyl (C=S) groups is 1. The summed E-state index contributed by atoms with van der Waals surface area (Å²) in [5.74, 6) is 0.155. The van der Waals surface area contributed by atoms with Crippen molar-refractivity contribution in [1.82, 2.24) is 10.2 Å². The SMILES string of the molecule is CCOc1ccc(C(=O)NC(=S)Nc2ccc(N3CCN(C(=O)c4ccccc4)CC3)c(Cl)c2)cc1Cl. The van der Waals surface area contributed by atoms with E-state index in [9.17, 15) is 9.59 Å². The number of benzene rings is 3. The molecule has 1 fully saturated rings. The topological polar surface area (TPSA) is 73.9 Å². The Bertz CT molecular complexity index is 1300. The van der Waals surface area contributed by atoms with E-state index < -0.39 is 5.91 Å². The number of hydrogen-bond acceptors (Lipinski definition) is 5. The molecule has 1 aliphatic rings. The molecule has 0 saturated carbocycles. The number of ether oxygens (including phenoxy) is 1. The van der Waals surface area contributed by atoms with Crippen LogP contribution in [0.25, 0.3) is 0 Å². The van der Waals surface area contributed by atoms with Crippen molar-refractivity contribution in [2.45, 2.75) is 6.92 Å². The minimum absolute atomic E-state index is 0.0361. The summed E-state index contributed by atoms with van der Waals surface area (Å²) in [6, 6.07) is 19.6. The molecule has 0 bridgehead atoms. The zero-order valence-electron chi connectivity index (χ0n) is 20.2. The first-order chi connectivity index (χ1) is 17.9. The van der Waals surface area contributed by atoms with E-state index in [4.69, 9.17) is 40.2 Å². The molecule has 4 rings (SSSR count). The molecule has 0 aliphatic carbocycles. The molecule has 37 heavy (non-hydrogen) atoms. The van der Waals surface area contributed by atoms with E-state index in [1.165, 1.54) is 6.07 Å². The molecule has 0 atom stereocenters. The first-order valence-corrected chi connectivity index (χ1v) is 13.0. The molecule has 0 spiro atoms. The van der Waals surface area contributed by atoms with Gasteiger partial charge in [0.15, 0.2) is 5.11 Å². The zero-order valence-corrected chi connectivity index (χ0v) is 22.5. The largest absolute Gasteiger partial charge is 0.492 e. The summed E-state index contributed by atoms with van der Waals surface area (Å²) in [5.41, 5.74) is 2.56. The molecule has 0 unspecified atom stereocenters. The number of amides is 2. The average molecular weight is 558 g/mol. The van der Waals surface area contributed by atoms with Crippen molar-refractivity contribution in [2.24, 2.45) is 0 Å². The Morgan fingerprint density at radius 3 is 2.30 bits per heavy atom. The Hall–Kier alpha value is -3.33. The van der Waals surface area contributed by atoms with Gasteiger partial charge >= 0.3 is 0 Å². The molecule has 3 aromatic carbocycles. The maximum Gasteiger partial charge on any atom is 0.257 e. The molecule has 0 aromatic heterocycles. The minimum Gasteiger partial charge on any atom is -0.492 e. The van der Waals surface area contributed by atoms with E-state index in [-0.39, 0.29) is 11.0 Å². The van der Waals surface area contributed by atoms with Crippen LogP contribution in [0, 0.1) is 0 Å². The molecule has 192 valence electrons. The van der Waals surface area contributed by atoms with Crippen LogP contribution in [-0.4, -0.2) is 54.6 Å². The van der Waals surface area contributed by atoms with Crippen molar-refractivity contribution in [1.29, 1.82) is 0 Å². The van der Waals surface area contributed by atoms with Crippen molar-refractivity contribution in [3.05, 3.63) is 87.9 Å². The second-order valence-corrected chi connectivity index (χ2v) is 9.52. The van der Waals surface area contributed by atoms with Crippen molar-refractivity contribution in [3.8, 4) is 5.75 Å². The van der Waals surface area contributed by atoms with E-state index in [1.807, 2.05) is 54.3 Å². The summed E-state index contributed by atoms with van der Waals surface area (Å²) in [6.07, 6.45) is 0. The van der Waals surface area contributed by atoms with Crippen molar-refractivity contribution in [2.75, 3.05) is 43.0 Å². The van der Waals surface area contributed by atoms with Gasteiger partial charge in [-0.25, -0.2) is 0 Å². The van der Waals surface area contributed by atoms with Gasteiger partial charge in [-0.15, -0.1) is 0 Å². The van der Waals surface area contributed by atoms with Crippen molar-refractivity contribution in [3.63, 3.8) is 0 Å². The third-order valence-corrected chi connectivity index (χ3v) is 6.66. The Morgan fingerprint density at radius 2 is 1.65 bits per heavy atom. The number of halogens is 2. The highest BCUT2D eigenvalue weighted by atomic mass is 35.5. The second kappa shape index (κ2) is 12.3. The summed E-state index contributed by atoms with van der Waals surface area (Å²) in [5, 5.41) is 6.65. The normalized spacial score (nSPS) is 13.2. The van der Waals surface area contributed by atoms with E-state index in [2.05, 4.69) is 15.5 Å². The van der Waals surface area contributed by atoms with E-state index in [0.717, 1.165) is 5.69 Å². The fraction of sp³-hybridized carbons (Fsp3) is 0.222. The van der Waals surface area contributed by atoms with Crippen LogP contribution in [0.2, 0.25) is 10.0 Å². The predicted octanol–water partition coefficient (Wildman–Crippen LogP) is 5.48. The van der Waals surface area contributed by atoms with Crippen LogP contribution >= 0.6 is 35.4 Å². The summed E-state index contributed by atoms with van der Waals surface area (Å²) >= 11 is 18.1. The van der Waals surface area contributed by atoms with Gasteiger partial charge in [0.1, 0.15) is 5.75 Å². The Morgan fingerprint density at radius 1 is 0.919 bits per heavy atom. The predicted molar refractivity (Wildman–Crippen MR) is 152 cm³/mol. The summed E-state index contributed by atoms with van der Waals surface area (Å²) < 4.78 is 5.40. The lowest BCUT2D eigenvalue weighted by Gasteiger charge is -2.36. The first-order valence-electron chi connectivity index (χ1n) is 11.8. The Balaban J connectivity index is 1.32. The molecule has 10 heteroatoms. The van der Waals surface area contributed by atoms with Gasteiger partial charge in [-0.1, -0.05) is 41.4 Å². The Labute approximate surface area is 231 Å². The van der Waals surface area contributed by atoms with Crippen LogP contribution in [0.4, 0.5) is 11.4 Å². The molecule has 1 heterocycles. The monoisotopic (exact) mass is 556 g/mol. The molecule has 0 radical (unpaired) electrons. The lowest BCUT2D eigenvalue weighted by Crippen LogP contribution is -2.48. The fourth-order valence-corrected chi connectivity index (χ4v) is 4.75. The third kappa shape index (κ3) is 6.71. The molecule has 7 nitrogen and oxygen atoms in total. The van der Waals surface area contributed by atoms with E-state index in [0.29, 0.717) is 65.4 Å². The molecular formula is C27H26Cl2N4O3S. The zero-order chi connectivity index (χ0) is 26.4. The van der Waals surface area contributed by atoms with Crippen LogP contribution in [0.15, 0.2) is 66.7 Å². The maximum atomic E-state index is 12.7. The number of carbonyl (C=O) groups excluding carboxylic acids is 2. The highest BCUT2D eigenvalue weighted by Gasteiger charge is 2.23. The molecule has 3 aromatic rings. The molecule has 1 saturated heterocycles. The third-order valence-electron chi connectivity index (χ3n) is 5.85. The second-order valence-electron chi connectivity index (χ2n) is 8.30. The number of rotatable bonds is 6. The van der Waals surface area contributed by atoms with Crippen molar-refractivity contribution < 1.29 is 14.3 Å². The van der Waals surface area contributed by atoms with E-state index in [1.54, 1.807) is 18.2 Å². The molecule has 1 aliphatic heterocycles. The number of nitrogens with one attached hydrogen (secondary N) is 2. The first kappa shape index (κ1) is 26.7. The van der Waals surface area contributed by atoms with Gasteiger partial charge in [-0.3, -0.25) is 14.9 Å². The van der Waals surface area contributed by atoms with Gasteiger partial charge in [-0.05, 0) is 67.7 Å². The van der Waals surface area contributed by atoms with Crippen LogP contribution < -0.4 is 20.3 Å². The minimum atomic E-state index is -0.395. The number of anilines is 2. The summed E-state index contributed by atoms with van der Waals surface area (Å²) in [4.78, 5) is 29.3. The summed E-state index contributed by atoms with van der Waals surface area (Å²) in [6.45, 7) is 4.89. The van der Waals surface area contributed by atoms with Crippen LogP contribution in [0.1, 0.15) is 27.6 Å². The molecule has 2 N–H and O–H groups in total. The van der Waals surface area contributed by atoms with Gasteiger partial charge < -0.3 is 19.9 Å². The van der Waals surface area contributed by atoms with Crippen LogP contribution in [0.3, 0.4) is 0 Å². The van der Waals surface area contributed by atoms with E-state index >= 15 is 0 Å². The van der Waals surface area contributed by atoms with Crippen LogP contribution in [-0.2, 0) is 0 Å². The lowest BCUT2D eigenvalue weighted by atomic mass is 10.1. The van der Waals surface area contributed by atoms with Gasteiger partial charge in [0.05, 0.1) is 22.3 Å². The number of nitrogens with zero attached hydrogens (tertiary/aromatic N) is 2. The molecular weight excluding hydrogens is 531 g/mol. The standard InChI is InChI=1S/C27H26Cl2N4O3S/c1-2-36-24-11-8-19(16-22(24)29)25(34)31-27(37)30-20-9-10-23(21(28)17-20)32-12-14-33(15-13-32)26(35)18-6-4-3-5-7-18/h3-11,16-17H,2,12-15H2,1H3,(H2,30,31,34,37). The highest BCUT2D eigenvalue weighted by molar-refractivity contribution is 7.80. The number of hydrogen-bond donors (Lipinski definition) is 2.